The lowest BCUT2D eigenvalue weighted by Gasteiger charge is -2.24. The topological polar surface area (TPSA) is 66.5 Å². The molecule has 3 aromatic rings. The van der Waals surface area contributed by atoms with Gasteiger partial charge >= 0.3 is 0 Å². The molecule has 4 rings (SSSR count). The average molecular weight is 451 g/mol. The van der Waals surface area contributed by atoms with Crippen molar-refractivity contribution in [1.29, 1.82) is 0 Å². The first kappa shape index (κ1) is 21.9. The number of carbonyl (C=O) groups is 2. The minimum Gasteiger partial charge on any atom is -0.350 e. The number of halogens is 1. The van der Waals surface area contributed by atoms with Crippen molar-refractivity contribution in [3.8, 4) is 0 Å². The van der Waals surface area contributed by atoms with Crippen molar-refractivity contribution in [2.24, 2.45) is 0 Å². The number of benzene rings is 3. The molecule has 1 aliphatic heterocycles. The van der Waals surface area contributed by atoms with Crippen LogP contribution in [0.1, 0.15) is 46.5 Å². The molecule has 2 atom stereocenters. The van der Waals surface area contributed by atoms with Crippen LogP contribution in [-0.4, -0.2) is 22.1 Å². The van der Waals surface area contributed by atoms with Crippen LogP contribution in [0.5, 0.6) is 0 Å². The Labute approximate surface area is 188 Å². The summed E-state index contributed by atoms with van der Waals surface area (Å²) in [4.78, 5) is 28.5. The van der Waals surface area contributed by atoms with Crippen LogP contribution in [0.2, 0.25) is 0 Å². The Balaban J connectivity index is 1.86. The molecular formula is C25H23FN2O3S. The van der Waals surface area contributed by atoms with E-state index in [9.17, 15) is 18.2 Å². The Morgan fingerprint density at radius 1 is 1.06 bits per heavy atom. The largest absolute Gasteiger partial charge is 0.350 e. The maximum atomic E-state index is 14.4. The molecule has 32 heavy (non-hydrogen) atoms. The number of hydrogen-bond donors (Lipinski definition) is 1. The zero-order valence-electron chi connectivity index (χ0n) is 17.8. The monoisotopic (exact) mass is 450 g/mol. The molecule has 0 aromatic heterocycles. The fourth-order valence-electron chi connectivity index (χ4n) is 3.57. The Bertz CT molecular complexity index is 1230. The van der Waals surface area contributed by atoms with Gasteiger partial charge in [0.05, 0.1) is 38.4 Å². The van der Waals surface area contributed by atoms with E-state index >= 15 is 0 Å². The van der Waals surface area contributed by atoms with Crippen molar-refractivity contribution in [2.75, 3.05) is 4.90 Å². The van der Waals surface area contributed by atoms with Gasteiger partial charge in [0.15, 0.2) is 0 Å². The summed E-state index contributed by atoms with van der Waals surface area (Å²) in [6, 6.07) is 17.7. The van der Waals surface area contributed by atoms with Crippen molar-refractivity contribution < 1.29 is 18.2 Å². The third-order valence-electron chi connectivity index (χ3n) is 5.55. The minimum absolute atomic E-state index is 0.0177. The molecule has 0 fully saturated rings. The predicted molar refractivity (Wildman–Crippen MR) is 122 cm³/mol. The molecule has 2 amide bonds. The quantitative estimate of drug-likeness (QED) is 0.614. The molecule has 0 spiro atoms. The molecular weight excluding hydrogens is 427 g/mol. The number of anilines is 1. The van der Waals surface area contributed by atoms with Gasteiger partial charge in [0.2, 0.25) is 0 Å². The molecule has 1 aliphatic rings. The first-order chi connectivity index (χ1) is 15.4. The first-order valence-corrected chi connectivity index (χ1v) is 11.6. The Hall–Kier alpha value is -3.32. The number of hydrogen-bond acceptors (Lipinski definition) is 3. The molecule has 5 nitrogen and oxygen atoms in total. The normalized spacial score (nSPS) is 16.0. The first-order valence-electron chi connectivity index (χ1n) is 10.4. The summed E-state index contributed by atoms with van der Waals surface area (Å²) in [7, 11) is -1.63. The van der Waals surface area contributed by atoms with Gasteiger partial charge in [-0.25, -0.2) is 8.60 Å². The summed E-state index contributed by atoms with van der Waals surface area (Å²) in [5.41, 5.74) is 1.30. The van der Waals surface area contributed by atoms with Gasteiger partial charge in [0, 0.05) is 17.2 Å². The SMILES string of the molecule is CC[C@@H](C)NC(=O)c1ccc2c(c1)N(Cc1ccccc1F)C(=O)c1ccccc1[S@@]2=O. The molecule has 0 radical (unpaired) electrons. The molecule has 0 bridgehead atoms. The van der Waals surface area contributed by atoms with Crippen LogP contribution in [0, 0.1) is 5.82 Å². The minimum atomic E-state index is -1.63. The second-order valence-corrected chi connectivity index (χ2v) is 9.13. The van der Waals surface area contributed by atoms with Crippen LogP contribution >= 0.6 is 0 Å². The molecule has 0 saturated heterocycles. The van der Waals surface area contributed by atoms with Crippen molar-refractivity contribution in [1.82, 2.24) is 5.32 Å². The van der Waals surface area contributed by atoms with Gasteiger partial charge in [-0.1, -0.05) is 37.3 Å². The van der Waals surface area contributed by atoms with E-state index in [-0.39, 0.29) is 18.5 Å². The highest BCUT2D eigenvalue weighted by atomic mass is 32.2. The van der Waals surface area contributed by atoms with Crippen LogP contribution in [-0.2, 0) is 17.3 Å². The van der Waals surface area contributed by atoms with Crippen molar-refractivity contribution in [2.45, 2.75) is 42.6 Å². The van der Waals surface area contributed by atoms with Crippen LogP contribution in [0.4, 0.5) is 10.1 Å². The lowest BCUT2D eigenvalue weighted by molar-refractivity contribution is 0.0936. The number of fused-ring (bicyclic) bond motifs is 2. The fourth-order valence-corrected chi connectivity index (χ4v) is 4.91. The lowest BCUT2D eigenvalue weighted by Crippen LogP contribution is -2.33. The highest BCUT2D eigenvalue weighted by molar-refractivity contribution is 7.85. The van der Waals surface area contributed by atoms with Gasteiger partial charge in [0.1, 0.15) is 5.82 Å². The molecule has 1 heterocycles. The Morgan fingerprint density at radius 3 is 2.53 bits per heavy atom. The van der Waals surface area contributed by atoms with E-state index in [4.69, 9.17) is 0 Å². The average Bonchev–Trinajstić information content (AvgIpc) is 2.89. The van der Waals surface area contributed by atoms with Gasteiger partial charge in [-0.05, 0) is 49.7 Å². The zero-order valence-corrected chi connectivity index (χ0v) is 18.6. The number of carbonyl (C=O) groups excluding carboxylic acids is 2. The van der Waals surface area contributed by atoms with E-state index in [0.29, 0.717) is 32.2 Å². The van der Waals surface area contributed by atoms with Crippen LogP contribution in [0.15, 0.2) is 76.5 Å². The van der Waals surface area contributed by atoms with Gasteiger partial charge in [0.25, 0.3) is 11.8 Å². The second-order valence-electron chi connectivity index (χ2n) is 7.71. The molecule has 7 heteroatoms. The summed E-state index contributed by atoms with van der Waals surface area (Å²) in [6.45, 7) is 3.82. The smallest absolute Gasteiger partial charge is 0.259 e. The predicted octanol–water partition coefficient (Wildman–Crippen LogP) is 4.68. The van der Waals surface area contributed by atoms with E-state index < -0.39 is 22.5 Å². The van der Waals surface area contributed by atoms with Crippen molar-refractivity contribution in [3.05, 3.63) is 89.2 Å². The molecule has 164 valence electrons. The highest BCUT2D eigenvalue weighted by Gasteiger charge is 2.32. The number of nitrogens with zero attached hydrogens (tertiary/aromatic N) is 1. The zero-order chi connectivity index (χ0) is 22.8. The van der Waals surface area contributed by atoms with Crippen LogP contribution in [0.25, 0.3) is 0 Å². The van der Waals surface area contributed by atoms with Crippen molar-refractivity contribution >= 4 is 28.3 Å². The van der Waals surface area contributed by atoms with Crippen LogP contribution in [0.3, 0.4) is 0 Å². The maximum Gasteiger partial charge on any atom is 0.259 e. The number of amides is 2. The molecule has 0 aliphatic carbocycles. The summed E-state index contributed by atoms with van der Waals surface area (Å²) < 4.78 is 27.9. The standard InChI is InChI=1S/C25H23FN2O3S/c1-3-16(2)27-24(29)17-12-13-23-21(14-17)28(15-18-8-4-6-10-20(18)26)25(30)19-9-5-7-11-22(19)32(23)31/h4-14,16H,3,15H2,1-2H3,(H,27,29)/t16-,32+/m1/s1. The van der Waals surface area contributed by atoms with Gasteiger partial charge in [-0.2, -0.15) is 0 Å². The summed E-state index contributed by atoms with van der Waals surface area (Å²) in [5, 5.41) is 2.90. The summed E-state index contributed by atoms with van der Waals surface area (Å²) in [5.74, 6) is -1.12. The van der Waals surface area contributed by atoms with Gasteiger partial charge in [-0.15, -0.1) is 0 Å². The third kappa shape index (κ3) is 4.08. The molecule has 0 unspecified atom stereocenters. The van der Waals surface area contributed by atoms with Gasteiger partial charge < -0.3 is 10.2 Å². The fraction of sp³-hybridized carbons (Fsp3) is 0.200. The van der Waals surface area contributed by atoms with Gasteiger partial charge in [-0.3, -0.25) is 9.59 Å². The van der Waals surface area contributed by atoms with E-state index in [0.717, 1.165) is 6.42 Å². The number of nitrogens with one attached hydrogen (secondary N) is 1. The molecule has 3 aromatic carbocycles. The van der Waals surface area contributed by atoms with Crippen molar-refractivity contribution in [3.63, 3.8) is 0 Å². The Morgan fingerprint density at radius 2 is 1.78 bits per heavy atom. The van der Waals surface area contributed by atoms with E-state index in [1.54, 1.807) is 60.7 Å². The number of rotatable bonds is 5. The summed E-state index contributed by atoms with van der Waals surface area (Å²) in [6.07, 6.45) is 0.772. The molecule has 1 N–H and O–H groups in total. The third-order valence-corrected chi connectivity index (χ3v) is 7.05. The lowest BCUT2D eigenvalue weighted by atomic mass is 10.1. The van der Waals surface area contributed by atoms with E-state index in [1.807, 2.05) is 13.8 Å². The van der Waals surface area contributed by atoms with E-state index in [1.165, 1.54) is 11.0 Å². The van der Waals surface area contributed by atoms with Crippen LogP contribution < -0.4 is 10.2 Å². The maximum absolute atomic E-state index is 14.4. The molecule has 0 saturated carbocycles. The highest BCUT2D eigenvalue weighted by Crippen LogP contribution is 2.36. The Kier molecular flexibility index (Phi) is 6.19. The summed E-state index contributed by atoms with van der Waals surface area (Å²) >= 11 is 0. The second kappa shape index (κ2) is 9.04. The van der Waals surface area contributed by atoms with E-state index in [2.05, 4.69) is 5.32 Å².